The third-order valence-electron chi connectivity index (χ3n) is 4.47. The van der Waals surface area contributed by atoms with Gasteiger partial charge in [-0.25, -0.2) is 0 Å². The van der Waals surface area contributed by atoms with Crippen molar-refractivity contribution in [3.05, 3.63) is 41.5 Å². The summed E-state index contributed by atoms with van der Waals surface area (Å²) in [6.07, 6.45) is 0.128. The van der Waals surface area contributed by atoms with Gasteiger partial charge in [0.1, 0.15) is 6.61 Å². The lowest BCUT2D eigenvalue weighted by atomic mass is 9.88. The molecule has 0 spiro atoms. The molecule has 1 aromatic carbocycles. The largest absolute Gasteiger partial charge is 0.365 e. The van der Waals surface area contributed by atoms with Gasteiger partial charge in [0.2, 0.25) is 11.8 Å². The van der Waals surface area contributed by atoms with Gasteiger partial charge in [0.15, 0.2) is 5.82 Å². The van der Waals surface area contributed by atoms with Gasteiger partial charge in [-0.1, -0.05) is 23.4 Å². The predicted octanol–water partition coefficient (Wildman–Crippen LogP) is 1.23. The topological polar surface area (TPSA) is 97.6 Å². The zero-order valence-corrected chi connectivity index (χ0v) is 13.8. The normalized spacial score (nSPS) is 20.0. The van der Waals surface area contributed by atoms with Crippen LogP contribution >= 0.6 is 0 Å². The Balaban J connectivity index is 1.35. The Bertz CT molecular complexity index is 812. The van der Waals surface area contributed by atoms with Gasteiger partial charge in [-0.05, 0) is 18.6 Å². The second-order valence-corrected chi connectivity index (χ2v) is 6.30. The molecular formula is C17H18N4O4. The van der Waals surface area contributed by atoms with E-state index in [0.717, 1.165) is 11.3 Å². The number of nitrogens with one attached hydrogen (secondary N) is 1. The first kappa shape index (κ1) is 15.8. The molecule has 1 fully saturated rings. The van der Waals surface area contributed by atoms with Gasteiger partial charge in [-0.2, -0.15) is 4.98 Å². The van der Waals surface area contributed by atoms with E-state index >= 15 is 0 Å². The number of carbonyl (C=O) groups excluding carboxylic acids is 2. The number of para-hydroxylation sites is 1. The SMILES string of the molecule is Cc1noc(COC2CN(C(=O)C3CC(=O)Nc4ccccc43)C2)n1. The number of hydrogen-bond donors (Lipinski definition) is 1. The molecule has 1 N–H and O–H groups in total. The van der Waals surface area contributed by atoms with Crippen LogP contribution in [0, 0.1) is 6.92 Å². The van der Waals surface area contributed by atoms with Crippen molar-refractivity contribution >= 4 is 17.5 Å². The van der Waals surface area contributed by atoms with Crippen LogP contribution < -0.4 is 5.32 Å². The van der Waals surface area contributed by atoms with Gasteiger partial charge >= 0.3 is 0 Å². The summed E-state index contributed by atoms with van der Waals surface area (Å²) in [6.45, 7) is 3.00. The van der Waals surface area contributed by atoms with Crippen LogP contribution in [0.5, 0.6) is 0 Å². The number of aromatic nitrogens is 2. The van der Waals surface area contributed by atoms with Gasteiger partial charge in [0.05, 0.1) is 12.0 Å². The number of fused-ring (bicyclic) bond motifs is 1. The number of nitrogens with zero attached hydrogens (tertiary/aromatic N) is 3. The molecule has 25 heavy (non-hydrogen) atoms. The summed E-state index contributed by atoms with van der Waals surface area (Å²) in [5.41, 5.74) is 1.59. The fourth-order valence-corrected chi connectivity index (χ4v) is 3.16. The van der Waals surface area contributed by atoms with Crippen molar-refractivity contribution in [3.8, 4) is 0 Å². The minimum atomic E-state index is -0.426. The van der Waals surface area contributed by atoms with Gasteiger partial charge < -0.3 is 19.5 Å². The molecule has 0 bridgehead atoms. The van der Waals surface area contributed by atoms with E-state index in [0.29, 0.717) is 24.8 Å². The van der Waals surface area contributed by atoms with Crippen LogP contribution in [-0.4, -0.2) is 46.0 Å². The summed E-state index contributed by atoms with van der Waals surface area (Å²) in [5.74, 6) is 0.413. The van der Waals surface area contributed by atoms with Crippen molar-refractivity contribution in [3.63, 3.8) is 0 Å². The highest BCUT2D eigenvalue weighted by Gasteiger charge is 2.39. The molecular weight excluding hydrogens is 324 g/mol. The first-order valence-corrected chi connectivity index (χ1v) is 8.18. The van der Waals surface area contributed by atoms with E-state index in [2.05, 4.69) is 15.5 Å². The quantitative estimate of drug-likeness (QED) is 0.897. The highest BCUT2D eigenvalue weighted by Crippen LogP contribution is 2.34. The molecule has 3 heterocycles. The first-order valence-electron chi connectivity index (χ1n) is 8.18. The van der Waals surface area contributed by atoms with E-state index in [1.165, 1.54) is 0 Å². The Morgan fingerprint density at radius 3 is 2.96 bits per heavy atom. The highest BCUT2D eigenvalue weighted by atomic mass is 16.5. The maximum atomic E-state index is 12.8. The van der Waals surface area contributed by atoms with Gasteiger partial charge in [0, 0.05) is 25.2 Å². The van der Waals surface area contributed by atoms with Crippen LogP contribution in [0.2, 0.25) is 0 Å². The molecule has 1 unspecified atom stereocenters. The van der Waals surface area contributed by atoms with Crippen molar-refractivity contribution in [2.24, 2.45) is 0 Å². The lowest BCUT2D eigenvalue weighted by Crippen LogP contribution is -2.56. The van der Waals surface area contributed by atoms with Crippen LogP contribution in [0.25, 0.3) is 0 Å². The number of hydrogen-bond acceptors (Lipinski definition) is 6. The maximum absolute atomic E-state index is 12.8. The standard InChI is InChI=1S/C17H18N4O4/c1-10-18-16(25-20-10)9-24-11-7-21(8-11)17(23)13-6-15(22)19-14-5-3-2-4-12(13)14/h2-5,11,13H,6-9H2,1H3,(H,19,22). The Labute approximate surface area is 144 Å². The lowest BCUT2D eigenvalue weighted by Gasteiger charge is -2.41. The summed E-state index contributed by atoms with van der Waals surface area (Å²) in [6, 6.07) is 7.44. The molecule has 4 rings (SSSR count). The fraction of sp³-hybridized carbons (Fsp3) is 0.412. The lowest BCUT2D eigenvalue weighted by molar-refractivity contribution is -0.149. The Morgan fingerprint density at radius 1 is 1.40 bits per heavy atom. The molecule has 1 aromatic heterocycles. The van der Waals surface area contributed by atoms with E-state index in [1.54, 1.807) is 11.8 Å². The summed E-state index contributed by atoms with van der Waals surface area (Å²) in [5, 5.41) is 6.51. The number of carbonyl (C=O) groups is 2. The maximum Gasteiger partial charge on any atom is 0.252 e. The highest BCUT2D eigenvalue weighted by molar-refractivity contribution is 6.01. The molecule has 8 nitrogen and oxygen atoms in total. The van der Waals surface area contributed by atoms with Crippen molar-refractivity contribution in [2.75, 3.05) is 18.4 Å². The molecule has 0 radical (unpaired) electrons. The number of amides is 2. The molecule has 0 aliphatic carbocycles. The van der Waals surface area contributed by atoms with Crippen molar-refractivity contribution < 1.29 is 18.8 Å². The molecule has 1 atom stereocenters. The van der Waals surface area contributed by atoms with Gasteiger partial charge in [-0.3, -0.25) is 9.59 Å². The zero-order valence-electron chi connectivity index (χ0n) is 13.8. The van der Waals surface area contributed by atoms with Crippen LogP contribution in [0.15, 0.2) is 28.8 Å². The Morgan fingerprint density at radius 2 is 2.20 bits per heavy atom. The summed E-state index contributed by atoms with van der Waals surface area (Å²) in [4.78, 5) is 30.4. The third-order valence-corrected chi connectivity index (χ3v) is 4.47. The number of benzene rings is 1. The summed E-state index contributed by atoms with van der Waals surface area (Å²) in [7, 11) is 0. The van der Waals surface area contributed by atoms with Crippen LogP contribution in [-0.2, 0) is 20.9 Å². The molecule has 2 aliphatic rings. The van der Waals surface area contributed by atoms with Crippen molar-refractivity contribution in [2.45, 2.75) is 32.0 Å². The van der Waals surface area contributed by atoms with E-state index in [4.69, 9.17) is 9.26 Å². The number of rotatable bonds is 4. The van der Waals surface area contributed by atoms with E-state index < -0.39 is 5.92 Å². The van der Waals surface area contributed by atoms with Crippen molar-refractivity contribution in [1.29, 1.82) is 0 Å². The van der Waals surface area contributed by atoms with Crippen LogP contribution in [0.3, 0.4) is 0 Å². The molecule has 2 aromatic rings. The Kier molecular flexibility index (Phi) is 3.96. The first-order chi connectivity index (χ1) is 12.1. The summed E-state index contributed by atoms with van der Waals surface area (Å²) < 4.78 is 10.7. The third kappa shape index (κ3) is 3.12. The summed E-state index contributed by atoms with van der Waals surface area (Å²) >= 11 is 0. The molecule has 2 amide bonds. The van der Waals surface area contributed by atoms with Gasteiger partial charge in [0.25, 0.3) is 5.89 Å². The number of aryl methyl sites for hydroxylation is 1. The smallest absolute Gasteiger partial charge is 0.252 e. The van der Waals surface area contributed by atoms with Gasteiger partial charge in [-0.15, -0.1) is 0 Å². The number of ether oxygens (including phenoxy) is 1. The van der Waals surface area contributed by atoms with E-state index in [-0.39, 0.29) is 30.9 Å². The second kappa shape index (κ2) is 6.29. The number of likely N-dealkylation sites (tertiary alicyclic amines) is 1. The van der Waals surface area contributed by atoms with E-state index in [9.17, 15) is 9.59 Å². The Hall–Kier alpha value is -2.74. The monoisotopic (exact) mass is 342 g/mol. The van der Waals surface area contributed by atoms with Crippen LogP contribution in [0.1, 0.15) is 29.6 Å². The van der Waals surface area contributed by atoms with Crippen molar-refractivity contribution in [1.82, 2.24) is 15.0 Å². The van der Waals surface area contributed by atoms with Crippen LogP contribution in [0.4, 0.5) is 5.69 Å². The molecule has 8 heteroatoms. The minimum absolute atomic E-state index is 0.0317. The fourth-order valence-electron chi connectivity index (χ4n) is 3.16. The molecule has 2 aliphatic heterocycles. The molecule has 130 valence electrons. The molecule has 0 saturated carbocycles. The number of anilines is 1. The second-order valence-electron chi connectivity index (χ2n) is 6.30. The zero-order chi connectivity index (χ0) is 17.4. The molecule has 1 saturated heterocycles. The predicted molar refractivity (Wildman–Crippen MR) is 86.6 cm³/mol. The average molecular weight is 342 g/mol. The average Bonchev–Trinajstić information content (AvgIpc) is 2.97. The minimum Gasteiger partial charge on any atom is -0.365 e. The van der Waals surface area contributed by atoms with E-state index in [1.807, 2.05) is 24.3 Å².